The maximum atomic E-state index is 15.4. The minimum atomic E-state index is -4.47. The number of aromatic amines is 1. The second-order valence-electron chi connectivity index (χ2n) is 8.28. The molecule has 204 valence electrons. The molecule has 15 nitrogen and oxygen atoms in total. The zero-order valence-electron chi connectivity index (χ0n) is 20.1. The predicted molar refractivity (Wildman–Crippen MR) is 126 cm³/mol. The van der Waals surface area contributed by atoms with E-state index < -0.39 is 55.7 Å². The van der Waals surface area contributed by atoms with Crippen molar-refractivity contribution in [3.63, 3.8) is 0 Å². The molecule has 0 spiro atoms. The molecule has 1 saturated heterocycles. The van der Waals surface area contributed by atoms with Gasteiger partial charge in [-0.2, -0.15) is 5.10 Å². The Bertz CT molecular complexity index is 1430. The first-order valence-electron chi connectivity index (χ1n) is 11.2. The lowest BCUT2D eigenvalue weighted by molar-refractivity contribution is -0.147. The summed E-state index contributed by atoms with van der Waals surface area (Å²) >= 11 is 0. The monoisotopic (exact) mass is 554 g/mol. The smallest absolute Gasteiger partial charge is 0.411 e. The van der Waals surface area contributed by atoms with E-state index in [0.29, 0.717) is 5.69 Å². The summed E-state index contributed by atoms with van der Waals surface area (Å²) < 4.78 is 47.3. The summed E-state index contributed by atoms with van der Waals surface area (Å²) in [5.74, 6) is -0.733. The summed E-state index contributed by atoms with van der Waals surface area (Å²) in [6, 6.07) is 7.02. The van der Waals surface area contributed by atoms with Gasteiger partial charge in [-0.3, -0.25) is 23.7 Å². The van der Waals surface area contributed by atoms with E-state index in [9.17, 15) is 24.1 Å². The number of aromatic nitrogens is 5. The van der Waals surface area contributed by atoms with E-state index in [1.807, 2.05) is 10.2 Å². The van der Waals surface area contributed by atoms with Crippen molar-refractivity contribution in [2.24, 2.45) is 0 Å². The number of nitrogens with one attached hydrogen (secondary N) is 2. The lowest BCUT2D eigenvalue weighted by Crippen LogP contribution is -2.43. The number of H-pyrrole nitrogens is 1. The van der Waals surface area contributed by atoms with Crippen LogP contribution in [0.1, 0.15) is 26.5 Å². The van der Waals surface area contributed by atoms with E-state index in [1.54, 1.807) is 12.1 Å². The predicted octanol–water partition coefficient (Wildman–Crippen LogP) is 0.765. The van der Waals surface area contributed by atoms with Gasteiger partial charge in [-0.15, -0.1) is 0 Å². The third-order valence-electron chi connectivity index (χ3n) is 5.54. The Morgan fingerprint density at radius 1 is 1.32 bits per heavy atom. The van der Waals surface area contributed by atoms with Crippen molar-refractivity contribution in [3.05, 3.63) is 70.0 Å². The number of hydrogen-bond acceptors (Lipinski definition) is 11. The van der Waals surface area contributed by atoms with Gasteiger partial charge in [-0.25, -0.2) is 23.4 Å². The minimum absolute atomic E-state index is 0.0399. The van der Waals surface area contributed by atoms with Crippen LogP contribution in [0.2, 0.25) is 0 Å². The molecule has 0 amide bonds. The first-order valence-corrected chi connectivity index (χ1v) is 12.8. The van der Waals surface area contributed by atoms with Crippen molar-refractivity contribution in [2.75, 3.05) is 6.61 Å². The van der Waals surface area contributed by atoms with E-state index in [0.717, 1.165) is 23.8 Å². The standard InChI is InChI=1S/C21H24FN6O9P/c1-3-17(30)36-26-38(33,37-14-6-4-13(5-7-14)28-12-23-11-24-28)34-10-15-18(31)21(2,22)19(35-15)27-9-8-16(29)25-20(27)32/h4-9,11-12,15,18-19,31H,3,10H2,1-2H3,(H,26,33)(H,25,29,32)/t15-,18-,19-,21-,38?/m1/s1. The molecule has 17 heteroatoms. The lowest BCUT2D eigenvalue weighted by atomic mass is 9.98. The average molecular weight is 554 g/mol. The fourth-order valence-electron chi connectivity index (χ4n) is 3.52. The number of nitrogens with zero attached hydrogens (tertiary/aromatic N) is 4. The average Bonchev–Trinajstić information content (AvgIpc) is 3.50. The highest BCUT2D eigenvalue weighted by Gasteiger charge is 2.55. The highest BCUT2D eigenvalue weighted by molar-refractivity contribution is 7.51. The van der Waals surface area contributed by atoms with Crippen LogP contribution in [-0.2, 0) is 23.5 Å². The Labute approximate surface area is 213 Å². The van der Waals surface area contributed by atoms with Crippen LogP contribution in [-0.4, -0.2) is 59.9 Å². The van der Waals surface area contributed by atoms with E-state index in [-0.39, 0.29) is 12.2 Å². The molecule has 1 unspecified atom stereocenters. The van der Waals surface area contributed by atoms with Crippen LogP contribution in [0.15, 0.2) is 58.8 Å². The van der Waals surface area contributed by atoms with Gasteiger partial charge in [-0.1, -0.05) is 6.92 Å². The first-order chi connectivity index (χ1) is 18.0. The Kier molecular flexibility index (Phi) is 7.89. The first kappa shape index (κ1) is 27.3. The van der Waals surface area contributed by atoms with Crippen molar-refractivity contribution in [2.45, 2.75) is 44.4 Å². The molecule has 2 aromatic heterocycles. The minimum Gasteiger partial charge on any atom is -0.411 e. The lowest BCUT2D eigenvalue weighted by Gasteiger charge is -2.24. The molecule has 38 heavy (non-hydrogen) atoms. The van der Waals surface area contributed by atoms with Crippen LogP contribution >= 0.6 is 7.75 Å². The molecule has 0 radical (unpaired) electrons. The molecular weight excluding hydrogens is 530 g/mol. The van der Waals surface area contributed by atoms with Crippen LogP contribution in [0, 0.1) is 0 Å². The van der Waals surface area contributed by atoms with Crippen molar-refractivity contribution < 1.29 is 37.5 Å². The van der Waals surface area contributed by atoms with Gasteiger partial charge in [-0.05, 0) is 36.4 Å². The zero-order valence-corrected chi connectivity index (χ0v) is 21.0. The molecule has 1 fully saturated rings. The van der Waals surface area contributed by atoms with Gasteiger partial charge < -0.3 is 19.2 Å². The Hall–Kier alpha value is -3.69. The third-order valence-corrected chi connectivity index (χ3v) is 6.79. The molecule has 3 aromatic rings. The van der Waals surface area contributed by atoms with Crippen LogP contribution in [0.25, 0.3) is 5.69 Å². The fourth-order valence-corrected chi connectivity index (χ4v) is 4.62. The van der Waals surface area contributed by atoms with E-state index >= 15 is 4.39 Å². The summed E-state index contributed by atoms with van der Waals surface area (Å²) in [4.78, 5) is 45.7. The van der Waals surface area contributed by atoms with Gasteiger partial charge in [0.2, 0.25) is 0 Å². The molecule has 1 aliphatic rings. The number of ether oxygens (including phenoxy) is 1. The molecule has 5 atom stereocenters. The summed E-state index contributed by atoms with van der Waals surface area (Å²) in [6.45, 7) is 1.79. The van der Waals surface area contributed by atoms with Gasteiger partial charge in [0, 0.05) is 18.7 Å². The number of halogens is 1. The molecule has 3 heterocycles. The van der Waals surface area contributed by atoms with Gasteiger partial charge >= 0.3 is 19.4 Å². The van der Waals surface area contributed by atoms with Gasteiger partial charge in [0.1, 0.15) is 30.6 Å². The molecule has 1 aliphatic heterocycles. The van der Waals surface area contributed by atoms with Crippen molar-refractivity contribution in [1.29, 1.82) is 0 Å². The quantitative estimate of drug-likeness (QED) is 0.236. The van der Waals surface area contributed by atoms with Crippen molar-refractivity contribution >= 4 is 13.7 Å². The number of aliphatic hydroxyl groups excluding tert-OH is 1. The molecule has 0 saturated carbocycles. The molecular formula is C21H24FN6O9P. The van der Waals surface area contributed by atoms with E-state index in [2.05, 4.69) is 10.1 Å². The largest absolute Gasteiger partial charge is 0.491 e. The number of hydrogen-bond donors (Lipinski definition) is 3. The van der Waals surface area contributed by atoms with E-state index in [4.69, 9.17) is 18.6 Å². The van der Waals surface area contributed by atoms with Gasteiger partial charge in [0.15, 0.2) is 11.9 Å². The number of aliphatic hydroxyl groups is 1. The highest BCUT2D eigenvalue weighted by Crippen LogP contribution is 2.47. The number of alkyl halides is 1. The summed E-state index contributed by atoms with van der Waals surface area (Å²) in [6.07, 6.45) is -1.16. The van der Waals surface area contributed by atoms with Crippen molar-refractivity contribution in [1.82, 2.24) is 29.6 Å². The molecule has 0 aliphatic carbocycles. The molecule has 0 bridgehead atoms. The Morgan fingerprint density at radius 2 is 2.05 bits per heavy atom. The van der Waals surface area contributed by atoms with Crippen LogP contribution in [0.5, 0.6) is 5.75 Å². The summed E-state index contributed by atoms with van der Waals surface area (Å²) in [7, 11) is -4.47. The van der Waals surface area contributed by atoms with E-state index in [1.165, 1.54) is 36.4 Å². The number of rotatable bonds is 10. The maximum absolute atomic E-state index is 15.4. The van der Waals surface area contributed by atoms with Gasteiger partial charge in [0.25, 0.3) is 5.56 Å². The number of benzene rings is 1. The van der Waals surface area contributed by atoms with Crippen LogP contribution in [0.3, 0.4) is 0 Å². The third kappa shape index (κ3) is 5.89. The van der Waals surface area contributed by atoms with Crippen molar-refractivity contribution in [3.8, 4) is 11.4 Å². The summed E-state index contributed by atoms with van der Waals surface area (Å²) in [5.41, 5.74) is -3.56. The summed E-state index contributed by atoms with van der Waals surface area (Å²) in [5, 5.41) is 16.5. The fraction of sp³-hybridized carbons (Fsp3) is 0.381. The second-order valence-corrected chi connectivity index (χ2v) is 9.90. The highest BCUT2D eigenvalue weighted by atomic mass is 31.2. The normalized spacial score (nSPS) is 24.6. The Morgan fingerprint density at radius 3 is 2.68 bits per heavy atom. The zero-order chi connectivity index (χ0) is 27.5. The SMILES string of the molecule is CCC(=O)ONP(=O)(OC[C@H]1O[C@@H](n2ccc(=O)[nH]c2=O)[C@](C)(F)[C@@H]1O)Oc1ccc(-n2cncn2)cc1. The van der Waals surface area contributed by atoms with Crippen LogP contribution in [0.4, 0.5) is 4.39 Å². The number of carbonyl (C=O) groups is 1. The molecule has 1 aromatic carbocycles. The maximum Gasteiger partial charge on any atom is 0.491 e. The Balaban J connectivity index is 1.50. The second kappa shape index (κ2) is 11.0. The van der Waals surface area contributed by atoms with Crippen LogP contribution < -0.4 is 21.0 Å². The molecule has 3 N–H and O–H groups in total. The number of carbonyl (C=O) groups excluding carboxylic acids is 1. The molecule has 4 rings (SSSR count). The van der Waals surface area contributed by atoms with Gasteiger partial charge in [0.05, 0.1) is 12.3 Å². The topological polar surface area (TPSA) is 189 Å².